The van der Waals surface area contributed by atoms with Crippen molar-refractivity contribution in [3.05, 3.63) is 58.1 Å². The van der Waals surface area contributed by atoms with Gasteiger partial charge in [0.25, 0.3) is 5.91 Å². The molecule has 3 amide bonds. The molecule has 1 saturated heterocycles. The van der Waals surface area contributed by atoms with Crippen molar-refractivity contribution in [2.75, 3.05) is 42.9 Å². The Labute approximate surface area is 226 Å². The lowest BCUT2D eigenvalue weighted by atomic mass is 10.1. The lowest BCUT2D eigenvalue weighted by molar-refractivity contribution is -0.138. The second-order valence-electron chi connectivity index (χ2n) is 9.00. The Kier molecular flexibility index (Phi) is 10.1. The van der Waals surface area contributed by atoms with E-state index in [-0.39, 0.29) is 36.9 Å². The summed E-state index contributed by atoms with van der Waals surface area (Å²) < 4.78 is 67.3. The first-order valence-electron chi connectivity index (χ1n) is 12.0. The number of rotatable bonds is 10. The minimum absolute atomic E-state index is 0.124. The van der Waals surface area contributed by atoms with E-state index in [1.807, 2.05) is 11.8 Å². The lowest BCUT2D eigenvalue weighted by Gasteiger charge is -2.42. The van der Waals surface area contributed by atoms with Gasteiger partial charge in [-0.2, -0.15) is 13.2 Å². The number of carbonyl (C=O) groups excluding carboxylic acids is 3. The monoisotopic (exact) mass is 575 g/mol. The van der Waals surface area contributed by atoms with E-state index in [2.05, 4.69) is 16.0 Å². The van der Waals surface area contributed by atoms with Crippen molar-refractivity contribution in [3.63, 3.8) is 0 Å². The van der Waals surface area contributed by atoms with Crippen molar-refractivity contribution in [2.45, 2.75) is 32.1 Å². The normalized spacial score (nSPS) is 16.1. The largest absolute Gasteiger partial charge is 0.390 e. The van der Waals surface area contributed by atoms with Gasteiger partial charge in [-0.05, 0) is 31.2 Å². The summed E-state index contributed by atoms with van der Waals surface area (Å²) >= 11 is 6.17. The molecule has 0 saturated carbocycles. The van der Waals surface area contributed by atoms with Crippen molar-refractivity contribution < 1.29 is 36.3 Å². The third-order valence-electron chi connectivity index (χ3n) is 6.17. The van der Waals surface area contributed by atoms with E-state index >= 15 is 0 Å². The highest BCUT2D eigenvalue weighted by Gasteiger charge is 2.31. The van der Waals surface area contributed by atoms with E-state index in [1.54, 1.807) is 11.0 Å². The van der Waals surface area contributed by atoms with Gasteiger partial charge in [-0.15, -0.1) is 0 Å². The van der Waals surface area contributed by atoms with Gasteiger partial charge in [0.15, 0.2) is 11.6 Å². The first-order valence-corrected chi connectivity index (χ1v) is 12.3. The maximum absolute atomic E-state index is 14.8. The van der Waals surface area contributed by atoms with Crippen LogP contribution in [-0.2, 0) is 16.1 Å². The number of amides is 3. The smallest absolute Gasteiger partial charge is 0.365 e. The first-order chi connectivity index (χ1) is 18.4. The van der Waals surface area contributed by atoms with Crippen LogP contribution in [0.3, 0.4) is 0 Å². The summed E-state index contributed by atoms with van der Waals surface area (Å²) in [4.78, 5) is 38.3. The van der Waals surface area contributed by atoms with Crippen LogP contribution in [-0.4, -0.2) is 68.1 Å². The number of anilines is 2. The van der Waals surface area contributed by atoms with Gasteiger partial charge in [-0.1, -0.05) is 17.7 Å². The fourth-order valence-corrected chi connectivity index (χ4v) is 4.38. The van der Waals surface area contributed by atoms with Crippen LogP contribution in [0.15, 0.2) is 30.3 Å². The van der Waals surface area contributed by atoms with Gasteiger partial charge in [-0.25, -0.2) is 8.78 Å². The quantitative estimate of drug-likeness (QED) is 0.297. The summed E-state index contributed by atoms with van der Waals surface area (Å²) in [5.74, 6) is -4.27. The average Bonchev–Trinajstić information content (AvgIpc) is 2.87. The molecule has 0 bridgehead atoms. The number of hydrogen-bond donors (Lipinski definition) is 3. The van der Waals surface area contributed by atoms with Crippen LogP contribution in [0.2, 0.25) is 5.02 Å². The molecule has 14 heteroatoms. The van der Waals surface area contributed by atoms with Crippen LogP contribution in [0.1, 0.15) is 29.3 Å². The molecule has 2 aromatic rings. The van der Waals surface area contributed by atoms with E-state index in [1.165, 1.54) is 12.1 Å². The van der Waals surface area contributed by atoms with Crippen molar-refractivity contribution in [1.29, 1.82) is 0 Å². The van der Waals surface area contributed by atoms with Gasteiger partial charge < -0.3 is 20.9 Å². The standard InChI is InChI=1S/C25H27ClF5N5O3/c1-15-13-35(7-6-25(29,30)31)8-9-36(15)20-10-17(26)3-5-19(20)34-24(39)18-4-2-16(22(27)23(18)28)11-33-21(38)12-32-14-37/h2-5,10,14-15H,6-9,11-13H2,1H3,(H,32,37)(H,33,38)(H,34,39)/t15-/m1/s1. The molecule has 1 atom stereocenters. The first kappa shape index (κ1) is 30.1. The average molecular weight is 576 g/mol. The minimum atomic E-state index is -4.25. The van der Waals surface area contributed by atoms with Crippen LogP contribution in [0, 0.1) is 11.6 Å². The molecule has 3 rings (SSSR count). The highest BCUT2D eigenvalue weighted by atomic mass is 35.5. The summed E-state index contributed by atoms with van der Waals surface area (Å²) in [6.45, 7) is 2.06. The maximum atomic E-state index is 14.8. The Bertz CT molecular complexity index is 1210. The molecule has 1 heterocycles. The van der Waals surface area contributed by atoms with Crippen molar-refractivity contribution in [1.82, 2.24) is 15.5 Å². The molecule has 0 spiro atoms. The summed E-state index contributed by atoms with van der Waals surface area (Å²) in [7, 11) is 0. The molecule has 0 aromatic heterocycles. The van der Waals surface area contributed by atoms with Gasteiger partial charge in [0.1, 0.15) is 0 Å². The van der Waals surface area contributed by atoms with Crippen molar-refractivity contribution in [3.8, 4) is 0 Å². The van der Waals surface area contributed by atoms with E-state index in [0.29, 0.717) is 36.8 Å². The Balaban J connectivity index is 1.73. The Hall–Kier alpha value is -3.45. The van der Waals surface area contributed by atoms with Crippen LogP contribution < -0.4 is 20.9 Å². The van der Waals surface area contributed by atoms with E-state index < -0.39 is 41.6 Å². The molecule has 39 heavy (non-hydrogen) atoms. The van der Waals surface area contributed by atoms with Crippen LogP contribution in [0.5, 0.6) is 0 Å². The maximum Gasteiger partial charge on any atom is 0.390 e. The number of benzene rings is 2. The summed E-state index contributed by atoms with van der Waals surface area (Å²) in [5.41, 5.74) is -0.0224. The fourth-order valence-electron chi connectivity index (χ4n) is 4.21. The number of halogens is 6. The van der Waals surface area contributed by atoms with Crippen LogP contribution in [0.4, 0.5) is 33.3 Å². The van der Waals surface area contributed by atoms with Crippen LogP contribution >= 0.6 is 11.6 Å². The summed E-state index contributed by atoms with van der Waals surface area (Å²) in [6, 6.07) is 6.60. The molecule has 212 valence electrons. The van der Waals surface area contributed by atoms with Crippen molar-refractivity contribution in [2.24, 2.45) is 0 Å². The molecule has 3 N–H and O–H groups in total. The van der Waals surface area contributed by atoms with Gasteiger partial charge in [0.05, 0.1) is 29.9 Å². The molecule has 1 aliphatic rings. The fraction of sp³-hybridized carbons (Fsp3) is 0.400. The topological polar surface area (TPSA) is 93.8 Å². The van der Waals surface area contributed by atoms with Gasteiger partial charge in [-0.3, -0.25) is 19.3 Å². The number of nitrogens with one attached hydrogen (secondary N) is 3. The number of hydrogen-bond acceptors (Lipinski definition) is 5. The highest BCUT2D eigenvalue weighted by Crippen LogP contribution is 2.33. The number of alkyl halides is 3. The molecule has 2 aromatic carbocycles. The second kappa shape index (κ2) is 13.1. The Morgan fingerprint density at radius 2 is 1.87 bits per heavy atom. The molecular formula is C25H27ClF5N5O3. The minimum Gasteiger partial charge on any atom is -0.365 e. The SMILES string of the molecule is C[C@@H]1CN(CCC(F)(F)F)CCN1c1cc(Cl)ccc1NC(=O)c1ccc(CNC(=O)CNC=O)c(F)c1F. The van der Waals surface area contributed by atoms with Crippen molar-refractivity contribution >= 4 is 41.2 Å². The van der Waals surface area contributed by atoms with E-state index in [0.717, 1.165) is 12.1 Å². The zero-order valence-electron chi connectivity index (χ0n) is 20.9. The Morgan fingerprint density at radius 3 is 2.54 bits per heavy atom. The number of nitrogens with zero attached hydrogens (tertiary/aromatic N) is 2. The van der Waals surface area contributed by atoms with E-state index in [4.69, 9.17) is 11.6 Å². The van der Waals surface area contributed by atoms with Gasteiger partial charge >= 0.3 is 6.18 Å². The van der Waals surface area contributed by atoms with Crippen LogP contribution in [0.25, 0.3) is 0 Å². The van der Waals surface area contributed by atoms with Gasteiger partial charge in [0.2, 0.25) is 12.3 Å². The molecule has 0 unspecified atom stereocenters. The zero-order valence-corrected chi connectivity index (χ0v) is 21.6. The van der Waals surface area contributed by atoms with E-state index in [9.17, 15) is 36.3 Å². The molecule has 8 nitrogen and oxygen atoms in total. The Morgan fingerprint density at radius 1 is 1.13 bits per heavy atom. The number of carbonyl (C=O) groups is 3. The third-order valence-corrected chi connectivity index (χ3v) is 6.40. The highest BCUT2D eigenvalue weighted by molar-refractivity contribution is 6.31. The summed E-state index contributed by atoms with van der Waals surface area (Å²) in [6.07, 6.45) is -4.85. The van der Waals surface area contributed by atoms with Gasteiger partial charge in [0, 0.05) is 49.4 Å². The summed E-state index contributed by atoms with van der Waals surface area (Å²) in [5, 5.41) is 7.37. The second-order valence-corrected chi connectivity index (χ2v) is 9.44. The lowest BCUT2D eigenvalue weighted by Crippen LogP contribution is -2.52. The molecule has 0 aliphatic carbocycles. The predicted octanol–water partition coefficient (Wildman–Crippen LogP) is 3.70. The molecule has 0 radical (unpaired) electrons. The molecule has 1 aliphatic heterocycles. The molecular weight excluding hydrogens is 549 g/mol. The molecule has 1 fully saturated rings. The number of piperazine rings is 1. The zero-order chi connectivity index (χ0) is 28.7. The predicted molar refractivity (Wildman–Crippen MR) is 136 cm³/mol. The third kappa shape index (κ3) is 8.27.